The largest absolute Gasteiger partial charge is 0.506 e. The fourth-order valence-electron chi connectivity index (χ4n) is 2.11. The SMILES string of the molecule is Cn1c(-c2ccc(N)c(O)c2)nc2cc(Br)ccc21. The van der Waals surface area contributed by atoms with E-state index >= 15 is 0 Å². The lowest BCUT2D eigenvalue weighted by Crippen LogP contribution is -1.93. The van der Waals surface area contributed by atoms with E-state index in [-0.39, 0.29) is 5.75 Å². The third-order valence-corrected chi connectivity index (χ3v) is 3.62. The highest BCUT2D eigenvalue weighted by Gasteiger charge is 2.11. The van der Waals surface area contributed by atoms with E-state index in [9.17, 15) is 5.11 Å². The normalized spacial score (nSPS) is 11.1. The first-order valence-corrected chi connectivity index (χ1v) is 6.56. The Morgan fingerprint density at radius 2 is 2.00 bits per heavy atom. The van der Waals surface area contributed by atoms with Gasteiger partial charge in [0, 0.05) is 17.1 Å². The molecule has 0 fully saturated rings. The smallest absolute Gasteiger partial charge is 0.140 e. The lowest BCUT2D eigenvalue weighted by molar-refractivity contribution is 0.478. The van der Waals surface area contributed by atoms with Crippen molar-refractivity contribution in [2.75, 3.05) is 5.73 Å². The topological polar surface area (TPSA) is 64.1 Å². The van der Waals surface area contributed by atoms with E-state index in [0.29, 0.717) is 5.69 Å². The monoisotopic (exact) mass is 317 g/mol. The number of imidazole rings is 1. The van der Waals surface area contributed by atoms with Crippen LogP contribution in [0.15, 0.2) is 40.9 Å². The number of aromatic hydroxyl groups is 1. The van der Waals surface area contributed by atoms with Gasteiger partial charge in [-0.2, -0.15) is 0 Å². The van der Waals surface area contributed by atoms with Gasteiger partial charge in [-0.05, 0) is 36.4 Å². The number of nitrogens with two attached hydrogens (primary N) is 1. The standard InChI is InChI=1S/C14H12BrN3O/c1-18-12-5-3-9(15)7-11(12)17-14(18)8-2-4-10(16)13(19)6-8/h2-7,19H,16H2,1H3. The molecule has 0 spiro atoms. The Morgan fingerprint density at radius 3 is 2.74 bits per heavy atom. The van der Waals surface area contributed by atoms with E-state index in [4.69, 9.17) is 5.73 Å². The van der Waals surface area contributed by atoms with Crippen LogP contribution in [-0.4, -0.2) is 14.7 Å². The molecule has 0 unspecified atom stereocenters. The predicted octanol–water partition coefficient (Wildman–Crippen LogP) is 3.29. The zero-order valence-corrected chi connectivity index (χ0v) is 11.8. The van der Waals surface area contributed by atoms with Crippen molar-refractivity contribution in [1.29, 1.82) is 0 Å². The molecule has 96 valence electrons. The summed E-state index contributed by atoms with van der Waals surface area (Å²) in [5.41, 5.74) is 8.76. The first-order valence-electron chi connectivity index (χ1n) is 5.77. The summed E-state index contributed by atoms with van der Waals surface area (Å²) in [6.45, 7) is 0. The van der Waals surface area contributed by atoms with Crippen LogP contribution in [0.1, 0.15) is 0 Å². The molecule has 0 radical (unpaired) electrons. The molecule has 3 N–H and O–H groups in total. The van der Waals surface area contributed by atoms with Crippen LogP contribution in [0, 0.1) is 0 Å². The number of nitrogens with zero attached hydrogens (tertiary/aromatic N) is 2. The van der Waals surface area contributed by atoms with Crippen LogP contribution in [0.4, 0.5) is 5.69 Å². The highest BCUT2D eigenvalue weighted by atomic mass is 79.9. The summed E-state index contributed by atoms with van der Waals surface area (Å²) >= 11 is 3.44. The number of aromatic nitrogens is 2. The van der Waals surface area contributed by atoms with Gasteiger partial charge >= 0.3 is 0 Å². The van der Waals surface area contributed by atoms with E-state index in [1.807, 2.05) is 35.9 Å². The Hall–Kier alpha value is -2.01. The van der Waals surface area contributed by atoms with E-state index < -0.39 is 0 Å². The Balaban J connectivity index is 2.24. The van der Waals surface area contributed by atoms with Crippen LogP contribution in [-0.2, 0) is 7.05 Å². The molecule has 0 atom stereocenters. The summed E-state index contributed by atoms with van der Waals surface area (Å²) < 4.78 is 2.98. The zero-order chi connectivity index (χ0) is 13.6. The molecule has 0 saturated carbocycles. The second-order valence-electron chi connectivity index (χ2n) is 4.40. The fraction of sp³-hybridized carbons (Fsp3) is 0.0714. The average Bonchev–Trinajstić information content (AvgIpc) is 2.70. The van der Waals surface area contributed by atoms with Crippen molar-refractivity contribution in [2.45, 2.75) is 0 Å². The second-order valence-corrected chi connectivity index (χ2v) is 5.32. The highest BCUT2D eigenvalue weighted by molar-refractivity contribution is 9.10. The molecule has 4 nitrogen and oxygen atoms in total. The van der Waals surface area contributed by atoms with Gasteiger partial charge in [-0.3, -0.25) is 0 Å². The van der Waals surface area contributed by atoms with Crippen LogP contribution in [0.25, 0.3) is 22.4 Å². The van der Waals surface area contributed by atoms with E-state index in [1.54, 1.807) is 12.1 Å². The van der Waals surface area contributed by atoms with Crippen molar-refractivity contribution in [1.82, 2.24) is 9.55 Å². The molecule has 1 aromatic heterocycles. The maximum absolute atomic E-state index is 9.70. The molecule has 0 aliphatic heterocycles. The number of phenolic OH excluding ortho intramolecular Hbond substituents is 1. The number of aryl methyl sites for hydroxylation is 1. The number of hydrogen-bond donors (Lipinski definition) is 2. The zero-order valence-electron chi connectivity index (χ0n) is 10.3. The van der Waals surface area contributed by atoms with Crippen LogP contribution in [0.5, 0.6) is 5.75 Å². The summed E-state index contributed by atoms with van der Waals surface area (Å²) in [4.78, 5) is 4.60. The number of nitrogen functional groups attached to an aromatic ring is 1. The van der Waals surface area contributed by atoms with Gasteiger partial charge in [0.2, 0.25) is 0 Å². The highest BCUT2D eigenvalue weighted by Crippen LogP contribution is 2.30. The minimum atomic E-state index is 0.0748. The Labute approximate surface area is 118 Å². The molecule has 2 aromatic carbocycles. The molecule has 5 heteroatoms. The van der Waals surface area contributed by atoms with E-state index in [0.717, 1.165) is 26.9 Å². The van der Waals surface area contributed by atoms with Crippen LogP contribution in [0.3, 0.4) is 0 Å². The van der Waals surface area contributed by atoms with Gasteiger partial charge in [0.15, 0.2) is 0 Å². The first kappa shape index (κ1) is 12.0. The number of benzene rings is 2. The third kappa shape index (κ3) is 1.96. The number of rotatable bonds is 1. The fourth-order valence-corrected chi connectivity index (χ4v) is 2.46. The van der Waals surface area contributed by atoms with Crippen molar-refractivity contribution in [3.63, 3.8) is 0 Å². The number of halogens is 1. The molecular formula is C14H12BrN3O. The van der Waals surface area contributed by atoms with E-state index in [1.165, 1.54) is 0 Å². The summed E-state index contributed by atoms with van der Waals surface area (Å²) in [5, 5.41) is 9.70. The maximum Gasteiger partial charge on any atom is 0.140 e. The Bertz CT molecular complexity index is 780. The lowest BCUT2D eigenvalue weighted by atomic mass is 10.2. The molecule has 0 bridgehead atoms. The molecule has 19 heavy (non-hydrogen) atoms. The molecular weight excluding hydrogens is 306 g/mol. The lowest BCUT2D eigenvalue weighted by Gasteiger charge is -2.04. The van der Waals surface area contributed by atoms with Gasteiger partial charge in [-0.1, -0.05) is 15.9 Å². The maximum atomic E-state index is 9.70. The number of fused-ring (bicyclic) bond motifs is 1. The first-order chi connectivity index (χ1) is 9.06. The minimum absolute atomic E-state index is 0.0748. The van der Waals surface area contributed by atoms with Gasteiger partial charge in [-0.25, -0.2) is 4.98 Å². The number of hydrogen-bond acceptors (Lipinski definition) is 3. The van der Waals surface area contributed by atoms with Crippen molar-refractivity contribution in [2.24, 2.45) is 7.05 Å². The molecule has 0 aliphatic carbocycles. The summed E-state index contributed by atoms with van der Waals surface area (Å²) in [6.07, 6.45) is 0. The number of anilines is 1. The predicted molar refractivity (Wildman–Crippen MR) is 79.9 cm³/mol. The van der Waals surface area contributed by atoms with Crippen LogP contribution >= 0.6 is 15.9 Å². The summed E-state index contributed by atoms with van der Waals surface area (Å²) in [7, 11) is 1.95. The molecule has 0 aliphatic rings. The molecule has 0 amide bonds. The Morgan fingerprint density at radius 1 is 1.21 bits per heavy atom. The van der Waals surface area contributed by atoms with Crippen LogP contribution in [0.2, 0.25) is 0 Å². The van der Waals surface area contributed by atoms with Gasteiger partial charge in [0.25, 0.3) is 0 Å². The minimum Gasteiger partial charge on any atom is -0.506 e. The van der Waals surface area contributed by atoms with Gasteiger partial charge in [0.05, 0.1) is 16.7 Å². The Kier molecular flexibility index (Phi) is 2.71. The van der Waals surface area contributed by atoms with Gasteiger partial charge in [-0.15, -0.1) is 0 Å². The van der Waals surface area contributed by atoms with Gasteiger partial charge in [0.1, 0.15) is 11.6 Å². The average molecular weight is 318 g/mol. The second kappa shape index (κ2) is 4.28. The number of phenols is 1. The van der Waals surface area contributed by atoms with Crippen LogP contribution < -0.4 is 5.73 Å². The molecule has 1 heterocycles. The summed E-state index contributed by atoms with van der Waals surface area (Å²) in [6, 6.07) is 11.1. The van der Waals surface area contributed by atoms with Gasteiger partial charge < -0.3 is 15.4 Å². The van der Waals surface area contributed by atoms with Crippen molar-refractivity contribution in [3.05, 3.63) is 40.9 Å². The third-order valence-electron chi connectivity index (χ3n) is 3.13. The van der Waals surface area contributed by atoms with Crippen molar-refractivity contribution in [3.8, 4) is 17.1 Å². The molecule has 3 rings (SSSR count). The molecule has 0 saturated heterocycles. The van der Waals surface area contributed by atoms with Crippen molar-refractivity contribution < 1.29 is 5.11 Å². The molecule has 3 aromatic rings. The van der Waals surface area contributed by atoms with E-state index in [2.05, 4.69) is 20.9 Å². The quantitative estimate of drug-likeness (QED) is 0.534. The summed E-state index contributed by atoms with van der Waals surface area (Å²) in [5.74, 6) is 0.870. The van der Waals surface area contributed by atoms with Crippen molar-refractivity contribution >= 4 is 32.7 Å².